The number of hydrogen-bond acceptors (Lipinski definition) is 6. The smallest absolute Gasteiger partial charge is 0.239 e. The molecule has 3 N–H and O–H groups in total. The van der Waals surface area contributed by atoms with E-state index in [1.807, 2.05) is 25.3 Å². The summed E-state index contributed by atoms with van der Waals surface area (Å²) < 4.78 is 0. The Balaban J connectivity index is 0.00000109. The van der Waals surface area contributed by atoms with Crippen LogP contribution in [0.5, 0.6) is 0 Å². The maximum absolute atomic E-state index is 11.3. The molecule has 0 unspecified atom stereocenters. The van der Waals surface area contributed by atoms with E-state index in [4.69, 9.17) is 5.73 Å². The molecule has 0 radical (unpaired) electrons. The van der Waals surface area contributed by atoms with Gasteiger partial charge in [-0.25, -0.2) is 4.98 Å². The summed E-state index contributed by atoms with van der Waals surface area (Å²) in [5.74, 6) is -0.228. The van der Waals surface area contributed by atoms with Crippen molar-refractivity contribution in [1.29, 1.82) is 0 Å². The molecule has 0 spiro atoms. The van der Waals surface area contributed by atoms with Crippen molar-refractivity contribution < 1.29 is 4.79 Å². The van der Waals surface area contributed by atoms with Gasteiger partial charge >= 0.3 is 0 Å². The van der Waals surface area contributed by atoms with Crippen LogP contribution in [-0.2, 0) is 4.79 Å². The highest BCUT2D eigenvalue weighted by Crippen LogP contribution is 2.29. The first-order chi connectivity index (χ1) is 12.2. The molecule has 2 aromatic rings. The van der Waals surface area contributed by atoms with E-state index in [0.29, 0.717) is 10.4 Å². The molecule has 1 saturated heterocycles. The average Bonchev–Trinajstić information content (AvgIpc) is 3.12. The summed E-state index contributed by atoms with van der Waals surface area (Å²) in [5.41, 5.74) is 8.44. The van der Waals surface area contributed by atoms with Gasteiger partial charge in [0.2, 0.25) is 5.91 Å². The van der Waals surface area contributed by atoms with Crippen LogP contribution in [0, 0.1) is 0 Å². The van der Waals surface area contributed by atoms with Crippen LogP contribution < -0.4 is 16.0 Å². The van der Waals surface area contributed by atoms with Gasteiger partial charge in [-0.3, -0.25) is 4.79 Å². The second kappa shape index (κ2) is 9.79. The van der Waals surface area contributed by atoms with Crippen LogP contribution in [0.4, 0.5) is 10.8 Å². The van der Waals surface area contributed by atoms with Gasteiger partial charge in [0.15, 0.2) is 5.13 Å². The lowest BCUT2D eigenvalue weighted by atomic mass is 10.1. The first-order valence-electron chi connectivity index (χ1n) is 8.64. The van der Waals surface area contributed by atoms with Crippen LogP contribution in [0.1, 0.15) is 26.7 Å². The summed E-state index contributed by atoms with van der Waals surface area (Å²) in [6.45, 7) is 6.03. The molecule has 2 heterocycles. The molecule has 1 aromatic carbocycles. The minimum absolute atomic E-state index is 0.0362. The second-order valence-electron chi connectivity index (χ2n) is 5.56. The Morgan fingerprint density at radius 3 is 2.80 bits per heavy atom. The standard InChI is InChI=1S/C16H20N4OS2.C2H6/c17-9-15(21)19-16-18-14(10-23-16)11-2-1-3-12(8-11)20-6-4-13(22)5-7-20;1-2/h1-3,8,10,13,22H,4-7,9,17H2,(H,18,19,21);1-2H3. The second-order valence-corrected chi connectivity index (χ2v) is 7.15. The first-order valence-corrected chi connectivity index (χ1v) is 10.0. The lowest BCUT2D eigenvalue weighted by Crippen LogP contribution is -2.33. The maximum Gasteiger partial charge on any atom is 0.239 e. The zero-order valence-corrected chi connectivity index (χ0v) is 16.4. The molecule has 1 aliphatic heterocycles. The summed E-state index contributed by atoms with van der Waals surface area (Å²) in [6.07, 6.45) is 2.22. The van der Waals surface area contributed by atoms with Crippen LogP contribution in [0.25, 0.3) is 11.3 Å². The van der Waals surface area contributed by atoms with Crippen LogP contribution in [-0.4, -0.2) is 35.8 Å². The van der Waals surface area contributed by atoms with Gasteiger partial charge in [0.1, 0.15) is 0 Å². The molecular weight excluding hydrogens is 352 g/mol. The van der Waals surface area contributed by atoms with Gasteiger partial charge in [0, 0.05) is 35.0 Å². The van der Waals surface area contributed by atoms with Gasteiger partial charge in [-0.05, 0) is 25.0 Å². The molecule has 5 nitrogen and oxygen atoms in total. The van der Waals surface area contributed by atoms with E-state index in [0.717, 1.165) is 37.2 Å². The fraction of sp³-hybridized carbons (Fsp3) is 0.444. The molecule has 0 bridgehead atoms. The van der Waals surface area contributed by atoms with Crippen molar-refractivity contribution in [2.75, 3.05) is 29.9 Å². The Morgan fingerprint density at radius 2 is 2.12 bits per heavy atom. The van der Waals surface area contributed by atoms with Crippen molar-refractivity contribution in [3.05, 3.63) is 29.6 Å². The predicted octanol–water partition coefficient (Wildman–Crippen LogP) is 3.63. The van der Waals surface area contributed by atoms with Gasteiger partial charge in [-0.1, -0.05) is 26.0 Å². The summed E-state index contributed by atoms with van der Waals surface area (Å²) in [7, 11) is 0. The molecule has 1 amide bonds. The normalized spacial score (nSPS) is 14.6. The van der Waals surface area contributed by atoms with E-state index in [1.165, 1.54) is 17.0 Å². The highest BCUT2D eigenvalue weighted by Gasteiger charge is 2.17. The Bertz CT molecular complexity index is 681. The molecular formula is C18H26N4OS2. The monoisotopic (exact) mass is 378 g/mol. The van der Waals surface area contributed by atoms with Gasteiger partial charge in [-0.2, -0.15) is 12.6 Å². The van der Waals surface area contributed by atoms with Crippen LogP contribution in [0.2, 0.25) is 0 Å². The fourth-order valence-corrected chi connectivity index (χ4v) is 3.59. The Hall–Kier alpha value is -1.57. The topological polar surface area (TPSA) is 71.2 Å². The third kappa shape index (κ3) is 5.45. The van der Waals surface area contributed by atoms with Crippen LogP contribution >= 0.6 is 24.0 Å². The zero-order valence-electron chi connectivity index (χ0n) is 14.7. The number of nitrogens with one attached hydrogen (secondary N) is 1. The van der Waals surface area contributed by atoms with E-state index < -0.39 is 0 Å². The predicted molar refractivity (Wildman–Crippen MR) is 111 cm³/mol. The Labute approximate surface area is 159 Å². The highest BCUT2D eigenvalue weighted by atomic mass is 32.1. The van der Waals surface area contributed by atoms with Crippen molar-refractivity contribution in [2.24, 2.45) is 5.73 Å². The van der Waals surface area contributed by atoms with E-state index in [9.17, 15) is 4.79 Å². The zero-order chi connectivity index (χ0) is 18.2. The highest BCUT2D eigenvalue weighted by molar-refractivity contribution is 7.80. The SMILES string of the molecule is CC.NCC(=O)Nc1nc(-c2cccc(N3CCC(S)CC3)c2)cs1. The summed E-state index contributed by atoms with van der Waals surface area (Å²) in [6, 6.07) is 8.38. The van der Waals surface area contributed by atoms with Crippen molar-refractivity contribution in [3.8, 4) is 11.3 Å². The number of anilines is 2. The first kappa shape index (κ1) is 19.8. The minimum Gasteiger partial charge on any atom is -0.371 e. The Morgan fingerprint density at radius 1 is 1.40 bits per heavy atom. The molecule has 1 aromatic heterocycles. The summed E-state index contributed by atoms with van der Waals surface area (Å²) in [4.78, 5) is 18.2. The van der Waals surface area contributed by atoms with Gasteiger partial charge in [0.05, 0.1) is 12.2 Å². The molecule has 3 rings (SSSR count). The van der Waals surface area contributed by atoms with Gasteiger partial charge in [-0.15, -0.1) is 11.3 Å². The lowest BCUT2D eigenvalue weighted by molar-refractivity contribution is -0.114. The van der Waals surface area contributed by atoms with E-state index >= 15 is 0 Å². The van der Waals surface area contributed by atoms with Gasteiger partial charge in [0.25, 0.3) is 0 Å². The molecule has 0 saturated carbocycles. The van der Waals surface area contributed by atoms with Crippen molar-refractivity contribution in [1.82, 2.24) is 4.98 Å². The third-order valence-electron chi connectivity index (χ3n) is 3.91. The number of thiazole rings is 1. The quantitative estimate of drug-likeness (QED) is 0.711. The number of benzene rings is 1. The van der Waals surface area contributed by atoms with E-state index in [1.54, 1.807) is 0 Å². The largest absolute Gasteiger partial charge is 0.371 e. The van der Waals surface area contributed by atoms with Crippen molar-refractivity contribution in [3.63, 3.8) is 0 Å². The average molecular weight is 379 g/mol. The van der Waals surface area contributed by atoms with Crippen LogP contribution in [0.15, 0.2) is 29.6 Å². The van der Waals surface area contributed by atoms with Gasteiger partial charge < -0.3 is 16.0 Å². The summed E-state index contributed by atoms with van der Waals surface area (Å²) in [5, 5.41) is 5.73. The number of nitrogens with zero attached hydrogens (tertiary/aromatic N) is 2. The molecule has 0 aliphatic carbocycles. The number of carbonyl (C=O) groups excluding carboxylic acids is 1. The summed E-state index contributed by atoms with van der Waals surface area (Å²) >= 11 is 5.96. The molecule has 136 valence electrons. The number of hydrogen-bond donors (Lipinski definition) is 3. The fourth-order valence-electron chi connectivity index (χ4n) is 2.62. The molecule has 1 fully saturated rings. The molecule has 25 heavy (non-hydrogen) atoms. The third-order valence-corrected chi connectivity index (χ3v) is 5.18. The minimum atomic E-state index is -0.228. The molecule has 0 atom stereocenters. The molecule has 7 heteroatoms. The molecule has 1 aliphatic rings. The maximum atomic E-state index is 11.3. The number of nitrogens with two attached hydrogens (primary N) is 1. The number of piperidine rings is 1. The number of aromatic nitrogens is 1. The number of thiol groups is 1. The van der Waals surface area contributed by atoms with Crippen molar-refractivity contribution >= 4 is 40.7 Å². The number of carbonyl (C=O) groups is 1. The van der Waals surface area contributed by atoms with Crippen molar-refractivity contribution in [2.45, 2.75) is 31.9 Å². The van der Waals surface area contributed by atoms with E-state index in [2.05, 4.69) is 46.0 Å². The number of rotatable bonds is 4. The van der Waals surface area contributed by atoms with E-state index in [-0.39, 0.29) is 12.5 Å². The Kier molecular flexibility index (Phi) is 7.74. The number of amides is 1. The van der Waals surface area contributed by atoms with Crippen LogP contribution in [0.3, 0.4) is 0 Å². The lowest BCUT2D eigenvalue weighted by Gasteiger charge is -2.31.